The molecule has 0 aromatic carbocycles. The van der Waals surface area contributed by atoms with Gasteiger partial charge in [0.25, 0.3) is 0 Å². The van der Waals surface area contributed by atoms with Crippen LogP contribution in [0.2, 0.25) is 0 Å². The lowest BCUT2D eigenvalue weighted by atomic mass is 9.95. The predicted molar refractivity (Wildman–Crippen MR) is 39.3 cm³/mol. The van der Waals surface area contributed by atoms with Crippen molar-refractivity contribution >= 4 is 0 Å². The Morgan fingerprint density at radius 2 is 2.22 bits per heavy atom. The molecule has 0 saturated carbocycles. The molecule has 0 radical (unpaired) electrons. The maximum Gasteiger partial charge on any atom is 0.0194 e. The molecule has 1 rings (SSSR count). The van der Waals surface area contributed by atoms with Crippen LogP contribution in [-0.2, 0) is 0 Å². The third-order valence-corrected chi connectivity index (χ3v) is 2.22. The van der Waals surface area contributed by atoms with E-state index in [1.165, 1.54) is 13.0 Å². The van der Waals surface area contributed by atoms with E-state index in [-0.39, 0.29) is 0 Å². The molecule has 1 heterocycles. The summed E-state index contributed by atoms with van der Waals surface area (Å²) in [5.41, 5.74) is 5.83. The Bertz CT molecular complexity index is 92.9. The molecule has 1 saturated heterocycles. The largest absolute Gasteiger partial charge is 0.326 e. The molecular weight excluding hydrogens is 112 g/mol. The highest BCUT2D eigenvalue weighted by Gasteiger charge is 2.19. The van der Waals surface area contributed by atoms with Crippen LogP contribution in [0.25, 0.3) is 0 Å². The molecule has 1 aliphatic rings. The first-order valence-corrected chi connectivity index (χ1v) is 3.64. The van der Waals surface area contributed by atoms with Crippen LogP contribution in [0.5, 0.6) is 0 Å². The van der Waals surface area contributed by atoms with Gasteiger partial charge in [0, 0.05) is 12.6 Å². The molecule has 0 bridgehead atoms. The van der Waals surface area contributed by atoms with Crippen molar-refractivity contribution in [2.24, 2.45) is 11.7 Å². The highest BCUT2D eigenvalue weighted by atomic mass is 15.1. The minimum Gasteiger partial charge on any atom is -0.326 e. The molecule has 1 fully saturated rings. The van der Waals surface area contributed by atoms with Gasteiger partial charge in [0.05, 0.1) is 0 Å². The number of piperidine rings is 1. The first kappa shape index (κ1) is 7.03. The molecule has 2 N–H and O–H groups in total. The van der Waals surface area contributed by atoms with Gasteiger partial charge in [-0.3, -0.25) is 0 Å². The molecule has 54 valence electrons. The zero-order chi connectivity index (χ0) is 6.85. The summed E-state index contributed by atoms with van der Waals surface area (Å²) >= 11 is 0. The summed E-state index contributed by atoms with van der Waals surface area (Å²) in [6.07, 6.45) is 1.26. The van der Waals surface area contributed by atoms with E-state index in [0.717, 1.165) is 12.5 Å². The van der Waals surface area contributed by atoms with E-state index < -0.39 is 0 Å². The maximum absolute atomic E-state index is 5.83. The van der Waals surface area contributed by atoms with Crippen molar-refractivity contribution in [2.75, 3.05) is 20.1 Å². The summed E-state index contributed by atoms with van der Waals surface area (Å²) in [5, 5.41) is 0. The van der Waals surface area contributed by atoms with Gasteiger partial charge in [0.2, 0.25) is 0 Å². The summed E-state index contributed by atoms with van der Waals surface area (Å²) in [6.45, 7) is 4.52. The van der Waals surface area contributed by atoms with Crippen LogP contribution in [0, 0.1) is 5.92 Å². The van der Waals surface area contributed by atoms with E-state index >= 15 is 0 Å². The van der Waals surface area contributed by atoms with Crippen molar-refractivity contribution in [3.63, 3.8) is 0 Å². The Labute approximate surface area is 57.0 Å². The normalized spacial score (nSPS) is 39.0. The highest BCUT2D eigenvalue weighted by molar-refractivity contribution is 4.78. The molecular formula is C7H16N2. The van der Waals surface area contributed by atoms with Gasteiger partial charge in [-0.1, -0.05) is 6.92 Å². The molecule has 0 amide bonds. The van der Waals surface area contributed by atoms with Crippen molar-refractivity contribution in [2.45, 2.75) is 19.4 Å². The van der Waals surface area contributed by atoms with Crippen LogP contribution in [-0.4, -0.2) is 31.1 Å². The minimum atomic E-state index is 0.406. The van der Waals surface area contributed by atoms with Gasteiger partial charge in [-0.15, -0.1) is 0 Å². The van der Waals surface area contributed by atoms with Gasteiger partial charge in [-0.05, 0) is 25.9 Å². The summed E-state index contributed by atoms with van der Waals surface area (Å²) in [6, 6.07) is 0.406. The van der Waals surface area contributed by atoms with Crippen molar-refractivity contribution in [3.05, 3.63) is 0 Å². The molecule has 9 heavy (non-hydrogen) atoms. The van der Waals surface area contributed by atoms with E-state index in [2.05, 4.69) is 18.9 Å². The fourth-order valence-electron chi connectivity index (χ4n) is 1.27. The quantitative estimate of drug-likeness (QED) is 0.508. The molecule has 0 aliphatic carbocycles. The first-order chi connectivity index (χ1) is 4.20. The van der Waals surface area contributed by atoms with Gasteiger partial charge in [0.1, 0.15) is 0 Å². The molecule has 0 spiro atoms. The molecule has 1 unspecified atom stereocenters. The average molecular weight is 128 g/mol. The first-order valence-electron chi connectivity index (χ1n) is 3.64. The Kier molecular flexibility index (Phi) is 2.09. The number of hydrogen-bond donors (Lipinski definition) is 1. The van der Waals surface area contributed by atoms with Gasteiger partial charge in [-0.2, -0.15) is 0 Å². The topological polar surface area (TPSA) is 29.3 Å². The van der Waals surface area contributed by atoms with Gasteiger partial charge < -0.3 is 10.6 Å². The Morgan fingerprint density at radius 1 is 1.56 bits per heavy atom. The van der Waals surface area contributed by atoms with E-state index in [4.69, 9.17) is 5.73 Å². The third kappa shape index (κ3) is 1.66. The molecule has 0 aromatic heterocycles. The minimum absolute atomic E-state index is 0.406. The number of nitrogens with zero attached hydrogens (tertiary/aromatic N) is 1. The fraction of sp³-hybridized carbons (Fsp3) is 1.00. The second-order valence-electron chi connectivity index (χ2n) is 3.19. The second kappa shape index (κ2) is 2.67. The van der Waals surface area contributed by atoms with Crippen molar-refractivity contribution in [1.29, 1.82) is 0 Å². The van der Waals surface area contributed by atoms with Crippen LogP contribution < -0.4 is 5.73 Å². The van der Waals surface area contributed by atoms with E-state index in [9.17, 15) is 0 Å². The van der Waals surface area contributed by atoms with Crippen molar-refractivity contribution in [3.8, 4) is 0 Å². The van der Waals surface area contributed by atoms with Gasteiger partial charge in [-0.25, -0.2) is 0 Å². The molecule has 2 nitrogen and oxygen atoms in total. The van der Waals surface area contributed by atoms with Crippen LogP contribution in [0.1, 0.15) is 13.3 Å². The molecule has 2 heteroatoms. The third-order valence-electron chi connectivity index (χ3n) is 2.22. The number of hydrogen-bond acceptors (Lipinski definition) is 2. The van der Waals surface area contributed by atoms with Crippen LogP contribution in [0.15, 0.2) is 0 Å². The zero-order valence-electron chi connectivity index (χ0n) is 6.30. The summed E-state index contributed by atoms with van der Waals surface area (Å²) in [4.78, 5) is 2.30. The SMILES string of the molecule is C[C@H]1CCN(C)CC1N. The average Bonchev–Trinajstić information content (AvgIpc) is 1.80. The molecule has 1 aliphatic heterocycles. The summed E-state index contributed by atoms with van der Waals surface area (Å²) in [5.74, 6) is 0.723. The number of nitrogens with two attached hydrogens (primary N) is 1. The number of likely N-dealkylation sites (N-methyl/N-ethyl adjacent to an activating group) is 1. The van der Waals surface area contributed by atoms with E-state index in [1.54, 1.807) is 0 Å². The zero-order valence-corrected chi connectivity index (χ0v) is 6.30. The monoisotopic (exact) mass is 128 g/mol. The fourth-order valence-corrected chi connectivity index (χ4v) is 1.27. The smallest absolute Gasteiger partial charge is 0.0194 e. The Balaban J connectivity index is 2.35. The molecule has 0 aromatic rings. The van der Waals surface area contributed by atoms with Gasteiger partial charge in [0.15, 0.2) is 0 Å². The van der Waals surface area contributed by atoms with Crippen LogP contribution in [0.4, 0.5) is 0 Å². The standard InChI is InChI=1S/C7H16N2/c1-6-3-4-9(2)5-7(6)8/h6-7H,3-5,8H2,1-2H3/t6-,7?/m0/s1. The van der Waals surface area contributed by atoms with Crippen molar-refractivity contribution < 1.29 is 0 Å². The maximum atomic E-state index is 5.83. The summed E-state index contributed by atoms with van der Waals surface area (Å²) < 4.78 is 0. The van der Waals surface area contributed by atoms with Crippen molar-refractivity contribution in [1.82, 2.24) is 4.90 Å². The second-order valence-corrected chi connectivity index (χ2v) is 3.19. The lowest BCUT2D eigenvalue weighted by Gasteiger charge is -2.32. The number of likely N-dealkylation sites (tertiary alicyclic amines) is 1. The number of rotatable bonds is 0. The Morgan fingerprint density at radius 3 is 2.67 bits per heavy atom. The Hall–Kier alpha value is -0.0800. The molecule has 2 atom stereocenters. The van der Waals surface area contributed by atoms with Crippen LogP contribution in [0.3, 0.4) is 0 Å². The highest BCUT2D eigenvalue weighted by Crippen LogP contribution is 2.13. The lowest BCUT2D eigenvalue weighted by Crippen LogP contribution is -2.45. The van der Waals surface area contributed by atoms with Gasteiger partial charge >= 0.3 is 0 Å². The van der Waals surface area contributed by atoms with Crippen LogP contribution >= 0.6 is 0 Å². The van der Waals surface area contributed by atoms with E-state index in [0.29, 0.717) is 6.04 Å². The predicted octanol–water partition coefficient (Wildman–Crippen LogP) is 0.285. The lowest BCUT2D eigenvalue weighted by molar-refractivity contribution is 0.201. The summed E-state index contributed by atoms with van der Waals surface area (Å²) in [7, 11) is 2.13. The van der Waals surface area contributed by atoms with E-state index in [1.807, 2.05) is 0 Å².